The molecule has 0 spiro atoms. The summed E-state index contributed by atoms with van der Waals surface area (Å²) in [4.78, 5) is 26.7. The molecule has 1 heterocycles. The third-order valence-corrected chi connectivity index (χ3v) is 3.13. The Bertz CT molecular complexity index is 473. The van der Waals surface area contributed by atoms with Gasteiger partial charge in [-0.3, -0.25) is 9.59 Å². The standard InChI is InChI=1S/C13H17N3O2/c1-15-8-9-16(13(18)12(15)17)11-5-3-2-4-10(11)6-7-14/h2-5H,6-9,14H2,1H3. The van der Waals surface area contributed by atoms with Gasteiger partial charge in [-0.25, -0.2) is 0 Å². The van der Waals surface area contributed by atoms with Crippen LogP contribution in [0.3, 0.4) is 0 Å². The lowest BCUT2D eigenvalue weighted by Crippen LogP contribution is -2.53. The van der Waals surface area contributed by atoms with Gasteiger partial charge in [-0.2, -0.15) is 0 Å². The van der Waals surface area contributed by atoms with Gasteiger partial charge < -0.3 is 15.5 Å². The number of hydrogen-bond donors (Lipinski definition) is 1. The van der Waals surface area contributed by atoms with Crippen molar-refractivity contribution in [1.29, 1.82) is 0 Å². The van der Waals surface area contributed by atoms with E-state index in [4.69, 9.17) is 5.73 Å². The van der Waals surface area contributed by atoms with Gasteiger partial charge >= 0.3 is 11.8 Å². The maximum absolute atomic E-state index is 12.0. The van der Waals surface area contributed by atoms with E-state index >= 15 is 0 Å². The van der Waals surface area contributed by atoms with Crippen LogP contribution in [0.4, 0.5) is 5.69 Å². The molecule has 1 aromatic carbocycles. The van der Waals surface area contributed by atoms with E-state index in [2.05, 4.69) is 0 Å². The molecule has 0 aromatic heterocycles. The molecule has 18 heavy (non-hydrogen) atoms. The minimum absolute atomic E-state index is 0.455. The summed E-state index contributed by atoms with van der Waals surface area (Å²) in [6.45, 7) is 1.61. The minimum atomic E-state index is -0.465. The van der Waals surface area contributed by atoms with Gasteiger partial charge in [0.25, 0.3) is 0 Å². The third-order valence-electron chi connectivity index (χ3n) is 3.13. The molecule has 0 saturated carbocycles. The van der Waals surface area contributed by atoms with Crippen LogP contribution in [0.1, 0.15) is 5.56 Å². The number of hydrogen-bond acceptors (Lipinski definition) is 3. The molecule has 5 heteroatoms. The molecule has 1 fully saturated rings. The third kappa shape index (κ3) is 2.22. The lowest BCUT2D eigenvalue weighted by Gasteiger charge is -2.32. The van der Waals surface area contributed by atoms with Gasteiger partial charge in [-0.1, -0.05) is 18.2 Å². The summed E-state index contributed by atoms with van der Waals surface area (Å²) in [6.07, 6.45) is 0.698. The van der Waals surface area contributed by atoms with Crippen LogP contribution in [-0.4, -0.2) is 43.4 Å². The largest absolute Gasteiger partial charge is 0.336 e. The van der Waals surface area contributed by atoms with Crippen molar-refractivity contribution < 1.29 is 9.59 Å². The zero-order valence-corrected chi connectivity index (χ0v) is 10.4. The first-order valence-electron chi connectivity index (χ1n) is 6.00. The van der Waals surface area contributed by atoms with Crippen LogP contribution in [0, 0.1) is 0 Å². The average Bonchev–Trinajstić information content (AvgIpc) is 2.38. The molecule has 96 valence electrons. The number of carbonyl (C=O) groups excluding carboxylic acids is 2. The SMILES string of the molecule is CN1CCN(c2ccccc2CCN)C(=O)C1=O. The number of benzene rings is 1. The number of nitrogens with zero attached hydrogens (tertiary/aromatic N) is 2. The number of carbonyl (C=O) groups is 2. The van der Waals surface area contributed by atoms with E-state index < -0.39 is 11.8 Å². The summed E-state index contributed by atoms with van der Waals surface area (Å²) in [7, 11) is 1.64. The second kappa shape index (κ2) is 5.18. The van der Waals surface area contributed by atoms with Gasteiger partial charge in [0.05, 0.1) is 0 Å². The van der Waals surface area contributed by atoms with Gasteiger partial charge in [-0.05, 0) is 24.6 Å². The van der Waals surface area contributed by atoms with Gasteiger partial charge in [0.1, 0.15) is 0 Å². The topological polar surface area (TPSA) is 66.6 Å². The summed E-state index contributed by atoms with van der Waals surface area (Å²) in [5.41, 5.74) is 7.37. The van der Waals surface area contributed by atoms with Crippen molar-refractivity contribution in [2.45, 2.75) is 6.42 Å². The van der Waals surface area contributed by atoms with Crippen LogP contribution in [0.15, 0.2) is 24.3 Å². The smallest absolute Gasteiger partial charge is 0.316 e. The summed E-state index contributed by atoms with van der Waals surface area (Å²) in [5.74, 6) is -0.919. The lowest BCUT2D eigenvalue weighted by atomic mass is 10.1. The molecular weight excluding hydrogens is 230 g/mol. The molecule has 2 N–H and O–H groups in total. The summed E-state index contributed by atoms with van der Waals surface area (Å²) in [5, 5.41) is 0. The first-order valence-corrected chi connectivity index (χ1v) is 6.00. The Balaban J connectivity index is 2.31. The van der Waals surface area contributed by atoms with Crippen LogP contribution in [-0.2, 0) is 16.0 Å². The number of rotatable bonds is 3. The zero-order valence-electron chi connectivity index (χ0n) is 10.4. The Hall–Kier alpha value is -1.88. The van der Waals surface area contributed by atoms with Gasteiger partial charge in [0.15, 0.2) is 0 Å². The molecule has 2 rings (SSSR count). The van der Waals surface area contributed by atoms with Crippen molar-refractivity contribution in [1.82, 2.24) is 4.90 Å². The van der Waals surface area contributed by atoms with Crippen molar-refractivity contribution in [2.75, 3.05) is 31.6 Å². The highest BCUT2D eigenvalue weighted by Crippen LogP contribution is 2.22. The zero-order chi connectivity index (χ0) is 13.1. The molecular formula is C13H17N3O2. The van der Waals surface area contributed by atoms with E-state index in [9.17, 15) is 9.59 Å². The number of para-hydroxylation sites is 1. The summed E-state index contributed by atoms with van der Waals surface area (Å²) >= 11 is 0. The summed E-state index contributed by atoms with van der Waals surface area (Å²) < 4.78 is 0. The quantitative estimate of drug-likeness (QED) is 0.764. The number of amides is 2. The molecule has 0 atom stereocenters. The highest BCUT2D eigenvalue weighted by molar-refractivity contribution is 6.41. The van der Waals surface area contributed by atoms with E-state index in [0.717, 1.165) is 11.3 Å². The molecule has 0 aliphatic carbocycles. The molecule has 1 aromatic rings. The molecule has 1 aliphatic rings. The highest BCUT2D eigenvalue weighted by Gasteiger charge is 2.31. The Morgan fingerprint density at radius 1 is 1.17 bits per heavy atom. The van der Waals surface area contributed by atoms with E-state index in [-0.39, 0.29) is 0 Å². The fourth-order valence-corrected chi connectivity index (χ4v) is 2.10. The van der Waals surface area contributed by atoms with Crippen molar-refractivity contribution in [3.8, 4) is 0 Å². The number of likely N-dealkylation sites (N-methyl/N-ethyl adjacent to an activating group) is 1. The second-order valence-corrected chi connectivity index (χ2v) is 4.35. The first-order chi connectivity index (χ1) is 8.65. The van der Waals surface area contributed by atoms with E-state index in [1.165, 1.54) is 4.90 Å². The fraction of sp³-hybridized carbons (Fsp3) is 0.385. The van der Waals surface area contributed by atoms with Crippen LogP contribution >= 0.6 is 0 Å². The monoisotopic (exact) mass is 247 g/mol. The normalized spacial score (nSPS) is 16.3. The van der Waals surface area contributed by atoms with E-state index in [1.807, 2.05) is 24.3 Å². The predicted molar refractivity (Wildman–Crippen MR) is 69.2 cm³/mol. The van der Waals surface area contributed by atoms with Gasteiger partial charge in [-0.15, -0.1) is 0 Å². The minimum Gasteiger partial charge on any atom is -0.336 e. The average molecular weight is 247 g/mol. The van der Waals surface area contributed by atoms with Crippen molar-refractivity contribution in [3.05, 3.63) is 29.8 Å². The van der Waals surface area contributed by atoms with Crippen molar-refractivity contribution in [3.63, 3.8) is 0 Å². The Morgan fingerprint density at radius 2 is 1.89 bits per heavy atom. The van der Waals surface area contributed by atoms with Crippen LogP contribution in [0.5, 0.6) is 0 Å². The lowest BCUT2D eigenvalue weighted by molar-refractivity contribution is -0.145. The molecule has 0 radical (unpaired) electrons. The van der Waals surface area contributed by atoms with Gasteiger partial charge in [0, 0.05) is 25.8 Å². The van der Waals surface area contributed by atoms with E-state index in [0.29, 0.717) is 26.1 Å². The Labute approximate surface area is 106 Å². The van der Waals surface area contributed by atoms with Crippen LogP contribution in [0.25, 0.3) is 0 Å². The highest BCUT2D eigenvalue weighted by atomic mass is 16.2. The Kier molecular flexibility index (Phi) is 3.62. The number of piperazine rings is 1. The van der Waals surface area contributed by atoms with Crippen molar-refractivity contribution >= 4 is 17.5 Å². The fourth-order valence-electron chi connectivity index (χ4n) is 2.10. The molecule has 0 unspecified atom stereocenters. The van der Waals surface area contributed by atoms with E-state index in [1.54, 1.807) is 11.9 Å². The number of anilines is 1. The molecule has 2 amide bonds. The van der Waals surface area contributed by atoms with Crippen LogP contribution < -0.4 is 10.6 Å². The van der Waals surface area contributed by atoms with Gasteiger partial charge in [0.2, 0.25) is 0 Å². The summed E-state index contributed by atoms with van der Waals surface area (Å²) in [6, 6.07) is 7.59. The number of nitrogens with two attached hydrogens (primary N) is 1. The first kappa shape index (κ1) is 12.6. The second-order valence-electron chi connectivity index (χ2n) is 4.35. The maximum Gasteiger partial charge on any atom is 0.316 e. The molecule has 5 nitrogen and oxygen atoms in total. The van der Waals surface area contributed by atoms with Crippen LogP contribution in [0.2, 0.25) is 0 Å². The molecule has 1 saturated heterocycles. The predicted octanol–water partition coefficient (Wildman–Crippen LogP) is -0.00720. The maximum atomic E-state index is 12.0. The Morgan fingerprint density at radius 3 is 2.61 bits per heavy atom. The van der Waals surface area contributed by atoms with Crippen molar-refractivity contribution in [2.24, 2.45) is 5.73 Å². The molecule has 1 aliphatic heterocycles. The molecule has 0 bridgehead atoms.